The monoisotopic (exact) mass is 217 g/mol. The summed E-state index contributed by atoms with van der Waals surface area (Å²) in [6.07, 6.45) is 0. The summed E-state index contributed by atoms with van der Waals surface area (Å²) in [5, 5.41) is -0.187. The van der Waals surface area contributed by atoms with Crippen molar-refractivity contribution in [1.29, 1.82) is 0 Å². The Balaban J connectivity index is 3.06. The predicted octanol–water partition coefficient (Wildman–Crippen LogP) is 2.24. The van der Waals surface area contributed by atoms with Gasteiger partial charge in [-0.05, 0) is 19.1 Å². The van der Waals surface area contributed by atoms with E-state index in [9.17, 15) is 9.18 Å². The van der Waals surface area contributed by atoms with Gasteiger partial charge in [-0.25, -0.2) is 9.18 Å². The Kier molecular flexibility index (Phi) is 3.30. The van der Waals surface area contributed by atoms with Crippen molar-refractivity contribution in [1.82, 2.24) is 0 Å². The van der Waals surface area contributed by atoms with Crippen molar-refractivity contribution in [3.63, 3.8) is 0 Å². The van der Waals surface area contributed by atoms with Gasteiger partial charge in [0, 0.05) is 0 Å². The maximum absolute atomic E-state index is 13.0. The highest BCUT2D eigenvalue weighted by atomic mass is 35.5. The first-order valence-corrected chi connectivity index (χ1v) is 4.35. The first kappa shape index (κ1) is 10.8. The number of anilines is 1. The van der Waals surface area contributed by atoms with Gasteiger partial charge in [0.25, 0.3) is 0 Å². The number of carbonyl (C=O) groups excluding carboxylic acids is 1. The van der Waals surface area contributed by atoms with E-state index in [-0.39, 0.29) is 22.9 Å². The summed E-state index contributed by atoms with van der Waals surface area (Å²) in [6, 6.07) is 2.38. The second-order valence-corrected chi connectivity index (χ2v) is 2.99. The molecule has 1 rings (SSSR count). The van der Waals surface area contributed by atoms with Crippen molar-refractivity contribution in [2.45, 2.75) is 6.92 Å². The van der Waals surface area contributed by atoms with Crippen LogP contribution in [0.5, 0.6) is 0 Å². The fraction of sp³-hybridized carbons (Fsp3) is 0.222. The van der Waals surface area contributed by atoms with Crippen LogP contribution in [0.2, 0.25) is 5.02 Å². The standard InChI is InChI=1S/C9H9ClFNO2/c1-2-14-9(13)5-3-6(10)8(11)7(12)4-5/h3-4H,2,12H2,1H3. The zero-order valence-electron chi connectivity index (χ0n) is 7.51. The summed E-state index contributed by atoms with van der Waals surface area (Å²) < 4.78 is 17.7. The summed E-state index contributed by atoms with van der Waals surface area (Å²) in [6.45, 7) is 1.92. The summed E-state index contributed by atoms with van der Waals surface area (Å²) >= 11 is 5.50. The van der Waals surface area contributed by atoms with E-state index in [1.165, 1.54) is 12.1 Å². The normalized spacial score (nSPS) is 9.93. The molecule has 0 atom stereocenters. The largest absolute Gasteiger partial charge is 0.462 e. The van der Waals surface area contributed by atoms with Crippen LogP contribution in [-0.4, -0.2) is 12.6 Å². The Labute approximate surface area is 85.6 Å². The van der Waals surface area contributed by atoms with Crippen LogP contribution in [0.3, 0.4) is 0 Å². The minimum atomic E-state index is -0.722. The van der Waals surface area contributed by atoms with Gasteiger partial charge in [0.05, 0.1) is 22.9 Å². The Morgan fingerprint density at radius 2 is 2.29 bits per heavy atom. The number of benzene rings is 1. The highest BCUT2D eigenvalue weighted by molar-refractivity contribution is 6.31. The molecule has 0 unspecified atom stereocenters. The van der Waals surface area contributed by atoms with E-state index in [0.717, 1.165) is 0 Å². The first-order valence-electron chi connectivity index (χ1n) is 3.98. The van der Waals surface area contributed by atoms with E-state index in [1.807, 2.05) is 0 Å². The van der Waals surface area contributed by atoms with Crippen LogP contribution >= 0.6 is 11.6 Å². The van der Waals surface area contributed by atoms with Gasteiger partial charge in [-0.1, -0.05) is 11.6 Å². The number of rotatable bonds is 2. The van der Waals surface area contributed by atoms with E-state index in [1.54, 1.807) is 6.92 Å². The lowest BCUT2D eigenvalue weighted by Crippen LogP contribution is -2.06. The molecule has 0 spiro atoms. The fourth-order valence-electron chi connectivity index (χ4n) is 0.943. The van der Waals surface area contributed by atoms with Crippen LogP contribution in [0.4, 0.5) is 10.1 Å². The molecule has 0 saturated heterocycles. The summed E-state index contributed by atoms with van der Waals surface area (Å²) in [5.41, 5.74) is 5.27. The quantitative estimate of drug-likeness (QED) is 0.611. The smallest absolute Gasteiger partial charge is 0.338 e. The molecule has 0 aliphatic carbocycles. The number of carbonyl (C=O) groups is 1. The van der Waals surface area contributed by atoms with Crippen molar-refractivity contribution in [3.8, 4) is 0 Å². The number of nitrogen functional groups attached to an aromatic ring is 1. The van der Waals surface area contributed by atoms with Crippen LogP contribution < -0.4 is 5.73 Å². The number of halogens is 2. The Morgan fingerprint density at radius 3 is 2.79 bits per heavy atom. The topological polar surface area (TPSA) is 52.3 Å². The number of esters is 1. The predicted molar refractivity (Wildman–Crippen MR) is 51.8 cm³/mol. The molecule has 76 valence electrons. The molecular weight excluding hydrogens is 209 g/mol. The van der Waals surface area contributed by atoms with E-state index < -0.39 is 11.8 Å². The molecule has 0 fully saturated rings. The van der Waals surface area contributed by atoms with Crippen molar-refractivity contribution < 1.29 is 13.9 Å². The highest BCUT2D eigenvalue weighted by Crippen LogP contribution is 2.22. The maximum Gasteiger partial charge on any atom is 0.338 e. The van der Waals surface area contributed by atoms with Gasteiger partial charge in [-0.15, -0.1) is 0 Å². The molecule has 0 bridgehead atoms. The van der Waals surface area contributed by atoms with Crippen LogP contribution in [-0.2, 0) is 4.74 Å². The van der Waals surface area contributed by atoms with Crippen LogP contribution in [0.1, 0.15) is 17.3 Å². The van der Waals surface area contributed by atoms with Gasteiger partial charge < -0.3 is 10.5 Å². The minimum absolute atomic E-state index is 0.149. The summed E-state index contributed by atoms with van der Waals surface area (Å²) in [5.74, 6) is -1.29. The van der Waals surface area contributed by atoms with Gasteiger partial charge in [0.2, 0.25) is 0 Å². The molecule has 0 aliphatic heterocycles. The molecule has 3 nitrogen and oxygen atoms in total. The lowest BCUT2D eigenvalue weighted by atomic mass is 10.2. The van der Waals surface area contributed by atoms with E-state index >= 15 is 0 Å². The number of ether oxygens (including phenoxy) is 1. The van der Waals surface area contributed by atoms with Crippen LogP contribution in [0.15, 0.2) is 12.1 Å². The van der Waals surface area contributed by atoms with Gasteiger partial charge >= 0.3 is 5.97 Å². The average molecular weight is 218 g/mol. The van der Waals surface area contributed by atoms with Gasteiger partial charge in [0.15, 0.2) is 5.82 Å². The molecule has 0 radical (unpaired) electrons. The maximum atomic E-state index is 13.0. The number of nitrogens with two attached hydrogens (primary N) is 1. The second kappa shape index (κ2) is 4.28. The van der Waals surface area contributed by atoms with Crippen LogP contribution in [0, 0.1) is 5.82 Å². The third-order valence-corrected chi connectivity index (χ3v) is 1.84. The zero-order chi connectivity index (χ0) is 10.7. The Hall–Kier alpha value is -1.29. The minimum Gasteiger partial charge on any atom is -0.462 e. The SMILES string of the molecule is CCOC(=O)c1cc(N)c(F)c(Cl)c1. The third-order valence-electron chi connectivity index (χ3n) is 1.57. The molecule has 1 aromatic carbocycles. The highest BCUT2D eigenvalue weighted by Gasteiger charge is 2.12. The van der Waals surface area contributed by atoms with Gasteiger partial charge in [0.1, 0.15) is 0 Å². The molecule has 2 N–H and O–H groups in total. The first-order chi connectivity index (χ1) is 6.56. The Morgan fingerprint density at radius 1 is 1.64 bits per heavy atom. The average Bonchev–Trinajstić information content (AvgIpc) is 2.13. The fourth-order valence-corrected chi connectivity index (χ4v) is 1.17. The third kappa shape index (κ3) is 2.14. The molecule has 1 aromatic rings. The lowest BCUT2D eigenvalue weighted by Gasteiger charge is -2.04. The Bertz CT molecular complexity index is 345. The summed E-state index contributed by atoms with van der Waals surface area (Å²) in [7, 11) is 0. The second-order valence-electron chi connectivity index (χ2n) is 2.58. The van der Waals surface area contributed by atoms with Crippen molar-refractivity contribution in [2.75, 3.05) is 12.3 Å². The molecule has 5 heteroatoms. The van der Waals surface area contributed by atoms with E-state index in [0.29, 0.717) is 0 Å². The molecule has 0 heterocycles. The molecule has 0 aliphatic rings. The van der Waals surface area contributed by atoms with Gasteiger partial charge in [-0.2, -0.15) is 0 Å². The van der Waals surface area contributed by atoms with Crippen molar-refractivity contribution in [2.24, 2.45) is 0 Å². The van der Waals surface area contributed by atoms with Crippen molar-refractivity contribution in [3.05, 3.63) is 28.5 Å². The number of hydrogen-bond acceptors (Lipinski definition) is 3. The molecular formula is C9H9ClFNO2. The molecule has 0 aromatic heterocycles. The molecule has 0 saturated carbocycles. The van der Waals surface area contributed by atoms with Crippen LogP contribution in [0.25, 0.3) is 0 Å². The zero-order valence-corrected chi connectivity index (χ0v) is 8.27. The molecule has 14 heavy (non-hydrogen) atoms. The number of hydrogen-bond donors (Lipinski definition) is 1. The van der Waals surface area contributed by atoms with E-state index in [2.05, 4.69) is 0 Å². The van der Waals surface area contributed by atoms with Crippen molar-refractivity contribution >= 4 is 23.3 Å². The molecule has 0 amide bonds. The lowest BCUT2D eigenvalue weighted by molar-refractivity contribution is 0.0526. The summed E-state index contributed by atoms with van der Waals surface area (Å²) in [4.78, 5) is 11.2. The van der Waals surface area contributed by atoms with E-state index in [4.69, 9.17) is 22.1 Å². The van der Waals surface area contributed by atoms with Gasteiger partial charge in [-0.3, -0.25) is 0 Å².